The number of hydrogen-bond donors (Lipinski definition) is 2. The van der Waals surface area contributed by atoms with Crippen molar-refractivity contribution in [2.45, 2.75) is 19.4 Å². The molecule has 1 amide bonds. The van der Waals surface area contributed by atoms with E-state index in [1.54, 1.807) is 61.7 Å². The number of likely N-dealkylation sites (N-methyl/N-ethyl adjacent to an activating group) is 1. The molecule has 8 nitrogen and oxygen atoms in total. The Balaban J connectivity index is 1.87. The van der Waals surface area contributed by atoms with Gasteiger partial charge in [-0.2, -0.15) is 4.73 Å². The molecule has 0 bridgehead atoms. The molecular formula is C24H24N4O4. The molecule has 0 spiro atoms. The number of ketones is 1. The van der Waals surface area contributed by atoms with E-state index in [1.165, 1.54) is 18.1 Å². The van der Waals surface area contributed by atoms with Gasteiger partial charge in [0.15, 0.2) is 12.0 Å². The van der Waals surface area contributed by atoms with E-state index in [9.17, 15) is 14.8 Å². The van der Waals surface area contributed by atoms with Crippen molar-refractivity contribution < 1.29 is 19.1 Å². The summed E-state index contributed by atoms with van der Waals surface area (Å²) in [5, 5.41) is 17.4. The van der Waals surface area contributed by atoms with Crippen molar-refractivity contribution in [2.75, 3.05) is 19.0 Å². The first-order chi connectivity index (χ1) is 15.4. The summed E-state index contributed by atoms with van der Waals surface area (Å²) in [6, 6.07) is 15.9. The zero-order chi connectivity index (χ0) is 22.9. The summed E-state index contributed by atoms with van der Waals surface area (Å²) in [6.45, 7) is 3.64. The van der Waals surface area contributed by atoms with Crippen LogP contribution in [0.15, 0.2) is 72.6 Å². The number of rotatable bonds is 6. The molecule has 2 N–H and O–H groups in total. The minimum absolute atomic E-state index is 0.189. The smallest absolute Gasteiger partial charge is 0.284 e. The number of pyridine rings is 1. The van der Waals surface area contributed by atoms with E-state index >= 15 is 0 Å². The number of carbonyl (C=O) groups is 2. The number of methoxy groups -OCH3 is 1. The number of carbonyl (C=O) groups excluding carboxylic acids is 2. The van der Waals surface area contributed by atoms with Crippen LogP contribution in [0.4, 0.5) is 5.69 Å². The van der Waals surface area contributed by atoms with Gasteiger partial charge < -0.3 is 15.3 Å². The Hall–Kier alpha value is -3.91. The first-order valence-corrected chi connectivity index (χ1v) is 10.3. The van der Waals surface area contributed by atoms with E-state index in [2.05, 4.69) is 10.7 Å². The highest BCUT2D eigenvalue weighted by Gasteiger charge is 2.43. The predicted molar refractivity (Wildman–Crippen MR) is 120 cm³/mol. The second-order valence-electron chi connectivity index (χ2n) is 7.51. The van der Waals surface area contributed by atoms with Crippen LogP contribution >= 0.6 is 0 Å². The van der Waals surface area contributed by atoms with E-state index in [0.29, 0.717) is 34.4 Å². The normalized spacial score (nSPS) is 18.4. The topological polar surface area (TPSA) is 97.6 Å². The Morgan fingerprint density at radius 3 is 2.72 bits per heavy atom. The average Bonchev–Trinajstić information content (AvgIpc) is 2.81. The molecular weight excluding hydrogens is 408 g/mol. The second kappa shape index (κ2) is 8.32. The molecule has 164 valence electrons. The van der Waals surface area contributed by atoms with E-state index in [-0.39, 0.29) is 17.4 Å². The van der Waals surface area contributed by atoms with Gasteiger partial charge in [0.05, 0.1) is 18.2 Å². The number of anilines is 1. The van der Waals surface area contributed by atoms with E-state index < -0.39 is 5.54 Å². The number of aromatic nitrogens is 1. The number of hydrogen-bond acceptors (Lipinski definition) is 6. The molecule has 0 saturated carbocycles. The Bertz CT molecular complexity index is 1240. The maximum absolute atomic E-state index is 13.2. The summed E-state index contributed by atoms with van der Waals surface area (Å²) in [5.41, 5.74) is 3.77. The van der Waals surface area contributed by atoms with Crippen LogP contribution in [0, 0.1) is 5.21 Å². The quantitative estimate of drug-likeness (QED) is 0.459. The first kappa shape index (κ1) is 21.3. The van der Waals surface area contributed by atoms with Gasteiger partial charge in [-0.3, -0.25) is 14.6 Å². The number of benzene rings is 2. The molecule has 0 saturated heterocycles. The van der Waals surface area contributed by atoms with Gasteiger partial charge in [0.1, 0.15) is 17.0 Å². The number of hydrazine groups is 1. The van der Waals surface area contributed by atoms with Crippen LogP contribution in [-0.4, -0.2) is 30.4 Å². The molecule has 2 heterocycles. The summed E-state index contributed by atoms with van der Waals surface area (Å²) in [6.07, 6.45) is 3.02. The zero-order valence-electron chi connectivity index (χ0n) is 18.1. The Kier molecular flexibility index (Phi) is 5.54. The fourth-order valence-electron chi connectivity index (χ4n) is 3.90. The standard InChI is InChI=1S/C24H24N4O4/c1-4-27-23(30)21(25-20-11-6-12-22-19(20)10-7-13-28(22)31)15-24(26-27,16(2)29)17-8-5-9-18(14-17)32-3/h5-15,25-26H,4H2,1-3H3. The third kappa shape index (κ3) is 3.54. The van der Waals surface area contributed by atoms with Gasteiger partial charge in [0.25, 0.3) is 5.91 Å². The highest BCUT2D eigenvalue weighted by atomic mass is 16.5. The van der Waals surface area contributed by atoms with E-state index in [4.69, 9.17) is 4.74 Å². The van der Waals surface area contributed by atoms with Gasteiger partial charge in [-0.05, 0) is 49.8 Å². The fourth-order valence-corrected chi connectivity index (χ4v) is 3.90. The lowest BCUT2D eigenvalue weighted by Crippen LogP contribution is -2.61. The summed E-state index contributed by atoms with van der Waals surface area (Å²) in [5.74, 6) is 0.100. The van der Waals surface area contributed by atoms with Gasteiger partial charge in [0, 0.05) is 18.7 Å². The van der Waals surface area contributed by atoms with Crippen LogP contribution in [0.5, 0.6) is 5.75 Å². The molecule has 4 rings (SSSR count). The highest BCUT2D eigenvalue weighted by molar-refractivity contribution is 6.03. The van der Waals surface area contributed by atoms with Crippen LogP contribution in [0.25, 0.3) is 10.9 Å². The van der Waals surface area contributed by atoms with Crippen LogP contribution in [0.2, 0.25) is 0 Å². The maximum Gasteiger partial charge on any atom is 0.284 e. The lowest BCUT2D eigenvalue weighted by Gasteiger charge is -2.40. The molecule has 1 aromatic heterocycles. The van der Waals surface area contributed by atoms with Crippen LogP contribution < -0.4 is 20.2 Å². The molecule has 8 heteroatoms. The summed E-state index contributed by atoms with van der Waals surface area (Å²) in [7, 11) is 1.56. The van der Waals surface area contributed by atoms with Crippen LogP contribution in [0.3, 0.4) is 0 Å². The largest absolute Gasteiger partial charge is 0.618 e. The Morgan fingerprint density at radius 2 is 2.00 bits per heavy atom. The molecule has 0 aliphatic carbocycles. The molecule has 32 heavy (non-hydrogen) atoms. The Morgan fingerprint density at radius 1 is 1.22 bits per heavy atom. The molecule has 3 aromatic rings. The number of ether oxygens (including phenoxy) is 1. The summed E-state index contributed by atoms with van der Waals surface area (Å²) < 4.78 is 6.11. The molecule has 1 aliphatic rings. The van der Waals surface area contributed by atoms with Gasteiger partial charge >= 0.3 is 0 Å². The maximum atomic E-state index is 13.2. The summed E-state index contributed by atoms with van der Waals surface area (Å²) >= 11 is 0. The highest BCUT2D eigenvalue weighted by Crippen LogP contribution is 2.33. The molecule has 2 aromatic carbocycles. The third-order valence-corrected chi connectivity index (χ3v) is 5.62. The van der Waals surface area contributed by atoms with Crippen molar-refractivity contribution in [3.8, 4) is 5.75 Å². The minimum Gasteiger partial charge on any atom is -0.618 e. The lowest BCUT2D eigenvalue weighted by atomic mass is 9.84. The Labute approximate surface area is 185 Å². The molecule has 0 fully saturated rings. The molecule has 1 unspecified atom stereocenters. The van der Waals surface area contributed by atoms with Gasteiger partial charge in [0.2, 0.25) is 5.52 Å². The lowest BCUT2D eigenvalue weighted by molar-refractivity contribution is -0.577. The third-order valence-electron chi connectivity index (χ3n) is 5.62. The molecule has 1 aliphatic heterocycles. The second-order valence-corrected chi connectivity index (χ2v) is 7.51. The van der Waals surface area contributed by atoms with Gasteiger partial charge in [-0.1, -0.05) is 18.2 Å². The SMILES string of the molecule is CCN1NC(C(C)=O)(c2cccc(OC)c2)C=C(Nc2cccc3c2ccc[n+]3[O-])C1=O. The van der Waals surface area contributed by atoms with E-state index in [0.717, 1.165) is 4.73 Å². The van der Waals surface area contributed by atoms with Crippen molar-refractivity contribution in [3.63, 3.8) is 0 Å². The van der Waals surface area contributed by atoms with Crippen LogP contribution in [0.1, 0.15) is 19.4 Å². The number of amides is 1. The number of nitrogens with zero attached hydrogens (tertiary/aromatic N) is 2. The summed E-state index contributed by atoms with van der Waals surface area (Å²) in [4.78, 5) is 26.1. The van der Waals surface area contributed by atoms with Gasteiger partial charge in [-0.25, -0.2) is 5.43 Å². The number of Topliss-reactive ketones (excluding diaryl/α,β-unsaturated/α-hetero) is 1. The van der Waals surface area contributed by atoms with E-state index in [1.807, 2.05) is 13.0 Å². The average molecular weight is 432 g/mol. The van der Waals surface area contributed by atoms with Crippen molar-refractivity contribution in [1.29, 1.82) is 0 Å². The van der Waals surface area contributed by atoms with Gasteiger partial charge in [-0.15, -0.1) is 0 Å². The minimum atomic E-state index is -1.27. The monoisotopic (exact) mass is 432 g/mol. The van der Waals surface area contributed by atoms with Crippen molar-refractivity contribution in [3.05, 3.63) is 83.3 Å². The van der Waals surface area contributed by atoms with Crippen molar-refractivity contribution >= 4 is 28.3 Å². The number of fused-ring (bicyclic) bond motifs is 1. The predicted octanol–water partition coefficient (Wildman–Crippen LogP) is 2.63. The van der Waals surface area contributed by atoms with Crippen molar-refractivity contribution in [2.24, 2.45) is 0 Å². The van der Waals surface area contributed by atoms with Crippen molar-refractivity contribution in [1.82, 2.24) is 10.4 Å². The molecule has 0 radical (unpaired) electrons. The fraction of sp³-hybridized carbons (Fsp3) is 0.208. The molecule has 1 atom stereocenters. The zero-order valence-corrected chi connectivity index (χ0v) is 18.1. The number of nitrogens with one attached hydrogen (secondary N) is 2. The van der Waals surface area contributed by atoms with Crippen LogP contribution in [-0.2, 0) is 15.1 Å². The first-order valence-electron chi connectivity index (χ1n) is 10.3.